The molecule has 2 rings (SSSR count). The van der Waals surface area contributed by atoms with Crippen LogP contribution < -0.4 is 5.73 Å². The van der Waals surface area contributed by atoms with E-state index in [-0.39, 0.29) is 29.1 Å². The summed E-state index contributed by atoms with van der Waals surface area (Å²) in [7, 11) is -2.49. The van der Waals surface area contributed by atoms with Crippen molar-refractivity contribution in [3.05, 3.63) is 33.3 Å². The highest BCUT2D eigenvalue weighted by atomic mass is 35.5. The Labute approximate surface area is 139 Å². The molecule has 0 bridgehead atoms. The molecule has 1 fully saturated rings. The quantitative estimate of drug-likeness (QED) is 0.624. The first-order valence-corrected chi connectivity index (χ1v) is 8.81. The zero-order chi connectivity index (χ0) is 17.2. The molecular formula is C13H18ClN3O5S. The molecule has 0 radical (unpaired) electrons. The van der Waals surface area contributed by atoms with Gasteiger partial charge in [-0.25, -0.2) is 8.42 Å². The average Bonchev–Trinajstić information content (AvgIpc) is 2.53. The molecule has 128 valence electrons. The van der Waals surface area contributed by atoms with E-state index in [1.807, 2.05) is 0 Å². The molecular weight excluding hydrogens is 346 g/mol. The number of benzene rings is 1. The summed E-state index contributed by atoms with van der Waals surface area (Å²) in [6, 6.07) is 3.05. The predicted octanol–water partition coefficient (Wildman–Crippen LogP) is 1.38. The summed E-state index contributed by atoms with van der Waals surface area (Å²) in [5.41, 5.74) is 5.15. The van der Waals surface area contributed by atoms with Crippen molar-refractivity contribution in [1.82, 2.24) is 4.31 Å². The Balaban J connectivity index is 2.44. The van der Waals surface area contributed by atoms with Gasteiger partial charge < -0.3 is 10.5 Å². The Bertz CT molecular complexity index is 697. The lowest BCUT2D eigenvalue weighted by molar-refractivity contribution is -0.387. The Hall–Kier alpha value is -1.26. The van der Waals surface area contributed by atoms with Crippen LogP contribution in [0.25, 0.3) is 0 Å². The topological polar surface area (TPSA) is 116 Å². The molecule has 8 nitrogen and oxygen atoms in total. The van der Waals surface area contributed by atoms with Crippen LogP contribution in [0.4, 0.5) is 5.69 Å². The first kappa shape index (κ1) is 18.1. The van der Waals surface area contributed by atoms with Gasteiger partial charge in [-0.2, -0.15) is 4.31 Å². The van der Waals surface area contributed by atoms with Gasteiger partial charge in [0.25, 0.3) is 5.69 Å². The van der Waals surface area contributed by atoms with E-state index in [1.165, 1.54) is 10.4 Å². The summed E-state index contributed by atoms with van der Waals surface area (Å²) in [5.74, 6) is 0. The van der Waals surface area contributed by atoms with Crippen LogP contribution in [-0.2, 0) is 14.8 Å². The summed E-state index contributed by atoms with van der Waals surface area (Å²) < 4.78 is 32.2. The Kier molecular flexibility index (Phi) is 5.58. The number of nitrogens with zero attached hydrogens (tertiary/aromatic N) is 2. The lowest BCUT2D eigenvalue weighted by Crippen LogP contribution is -2.51. The van der Waals surface area contributed by atoms with Crippen LogP contribution in [0, 0.1) is 10.1 Å². The molecule has 0 spiro atoms. The van der Waals surface area contributed by atoms with E-state index in [0.717, 1.165) is 12.1 Å². The number of methoxy groups -OCH3 is 1. The van der Waals surface area contributed by atoms with E-state index < -0.39 is 26.7 Å². The zero-order valence-corrected chi connectivity index (χ0v) is 14.1. The summed E-state index contributed by atoms with van der Waals surface area (Å²) in [5, 5.41) is 11.3. The Morgan fingerprint density at radius 3 is 2.78 bits per heavy atom. The number of piperidine rings is 1. The minimum atomic E-state index is -4.05. The van der Waals surface area contributed by atoms with Gasteiger partial charge in [-0.05, 0) is 25.0 Å². The van der Waals surface area contributed by atoms with Gasteiger partial charge in [-0.1, -0.05) is 11.6 Å². The monoisotopic (exact) mass is 363 g/mol. The van der Waals surface area contributed by atoms with Crippen molar-refractivity contribution in [2.75, 3.05) is 20.2 Å². The van der Waals surface area contributed by atoms with Gasteiger partial charge in [-0.3, -0.25) is 10.1 Å². The third-order valence-corrected chi connectivity index (χ3v) is 6.16. The first-order valence-electron chi connectivity index (χ1n) is 7.00. The number of nitro groups is 1. The van der Waals surface area contributed by atoms with Gasteiger partial charge in [0, 0.05) is 37.3 Å². The second-order valence-corrected chi connectivity index (χ2v) is 7.55. The molecule has 23 heavy (non-hydrogen) atoms. The first-order chi connectivity index (χ1) is 10.8. The van der Waals surface area contributed by atoms with Crippen molar-refractivity contribution in [3.63, 3.8) is 0 Å². The summed E-state index contributed by atoms with van der Waals surface area (Å²) in [6.07, 6.45) is 0.886. The van der Waals surface area contributed by atoms with Crippen LogP contribution in [0.3, 0.4) is 0 Å². The summed E-state index contributed by atoms with van der Waals surface area (Å²) in [4.78, 5) is 10.0. The van der Waals surface area contributed by atoms with Crippen LogP contribution in [0.1, 0.15) is 12.8 Å². The maximum Gasteiger partial charge on any atom is 0.290 e. The summed E-state index contributed by atoms with van der Waals surface area (Å²) in [6.45, 7) is 0.308. The lowest BCUT2D eigenvalue weighted by Gasteiger charge is -2.37. The molecule has 2 atom stereocenters. The van der Waals surface area contributed by atoms with Gasteiger partial charge in [0.2, 0.25) is 10.0 Å². The fourth-order valence-corrected chi connectivity index (χ4v) is 4.68. The molecule has 1 aliphatic rings. The van der Waals surface area contributed by atoms with Crippen LogP contribution in [0.15, 0.2) is 23.1 Å². The summed E-state index contributed by atoms with van der Waals surface area (Å²) >= 11 is 5.74. The Morgan fingerprint density at radius 2 is 2.22 bits per heavy atom. The normalized spacial score (nSPS) is 22.9. The highest BCUT2D eigenvalue weighted by molar-refractivity contribution is 7.89. The van der Waals surface area contributed by atoms with Crippen molar-refractivity contribution in [2.45, 2.75) is 29.9 Å². The SMILES string of the molecule is COC1CCN(S(=O)(=O)c2ccc(Cl)cc2[N+](=O)[O-])C(CN)C1. The highest BCUT2D eigenvalue weighted by Gasteiger charge is 2.39. The third kappa shape index (κ3) is 3.64. The molecule has 0 saturated carbocycles. The largest absolute Gasteiger partial charge is 0.381 e. The van der Waals surface area contributed by atoms with E-state index >= 15 is 0 Å². The van der Waals surface area contributed by atoms with Crippen molar-refractivity contribution in [3.8, 4) is 0 Å². The predicted molar refractivity (Wildman–Crippen MR) is 84.9 cm³/mol. The van der Waals surface area contributed by atoms with E-state index in [2.05, 4.69) is 0 Å². The molecule has 2 unspecified atom stereocenters. The van der Waals surface area contributed by atoms with Gasteiger partial charge in [0.1, 0.15) is 0 Å². The fraction of sp³-hybridized carbons (Fsp3) is 0.538. The van der Waals surface area contributed by atoms with Crippen LogP contribution in [0.5, 0.6) is 0 Å². The van der Waals surface area contributed by atoms with E-state index in [9.17, 15) is 18.5 Å². The molecule has 0 amide bonds. The number of rotatable bonds is 5. The molecule has 0 aliphatic carbocycles. The number of hydrogen-bond donors (Lipinski definition) is 1. The van der Waals surface area contributed by atoms with Crippen LogP contribution in [-0.4, -0.2) is 50.0 Å². The minimum Gasteiger partial charge on any atom is -0.381 e. The third-order valence-electron chi connectivity index (χ3n) is 3.92. The van der Waals surface area contributed by atoms with Crippen molar-refractivity contribution >= 4 is 27.3 Å². The van der Waals surface area contributed by atoms with E-state index in [0.29, 0.717) is 12.8 Å². The van der Waals surface area contributed by atoms with E-state index in [1.54, 1.807) is 7.11 Å². The molecule has 1 saturated heterocycles. The van der Waals surface area contributed by atoms with E-state index in [4.69, 9.17) is 22.1 Å². The van der Waals surface area contributed by atoms with Crippen molar-refractivity contribution in [1.29, 1.82) is 0 Å². The van der Waals surface area contributed by atoms with Gasteiger partial charge in [-0.15, -0.1) is 0 Å². The number of ether oxygens (including phenoxy) is 1. The second kappa shape index (κ2) is 7.10. The van der Waals surface area contributed by atoms with Gasteiger partial charge in [0.05, 0.1) is 11.0 Å². The number of hydrogen-bond acceptors (Lipinski definition) is 6. The Morgan fingerprint density at radius 1 is 1.52 bits per heavy atom. The second-order valence-electron chi connectivity index (χ2n) is 5.26. The fourth-order valence-electron chi connectivity index (χ4n) is 2.71. The minimum absolute atomic E-state index is 0.0739. The molecule has 2 N–H and O–H groups in total. The maximum atomic E-state index is 12.9. The molecule has 1 aromatic rings. The maximum absolute atomic E-state index is 12.9. The van der Waals surface area contributed by atoms with Crippen LogP contribution >= 0.6 is 11.6 Å². The molecule has 1 aromatic carbocycles. The molecule has 1 heterocycles. The van der Waals surface area contributed by atoms with Gasteiger partial charge in [0.15, 0.2) is 4.90 Å². The van der Waals surface area contributed by atoms with Crippen LogP contribution in [0.2, 0.25) is 5.02 Å². The number of sulfonamides is 1. The van der Waals surface area contributed by atoms with Crippen molar-refractivity contribution in [2.24, 2.45) is 5.73 Å². The number of nitro benzene ring substituents is 1. The molecule has 1 aliphatic heterocycles. The number of nitrogens with two attached hydrogens (primary N) is 1. The lowest BCUT2D eigenvalue weighted by atomic mass is 10.0. The molecule has 0 aromatic heterocycles. The molecule has 10 heteroatoms. The average molecular weight is 364 g/mol. The highest BCUT2D eigenvalue weighted by Crippen LogP contribution is 2.32. The number of halogens is 1. The standard InChI is InChI=1S/C13H18ClN3O5S/c1-22-11-4-5-16(10(7-11)8-15)23(20,21)13-3-2-9(14)6-12(13)17(18)19/h2-3,6,10-11H,4-5,7-8,15H2,1H3. The smallest absolute Gasteiger partial charge is 0.290 e. The van der Waals surface area contributed by atoms with Gasteiger partial charge >= 0.3 is 0 Å². The van der Waals surface area contributed by atoms with Crippen molar-refractivity contribution < 1.29 is 18.1 Å². The zero-order valence-electron chi connectivity index (χ0n) is 12.5.